The molecule has 1 aliphatic heterocycles. The highest BCUT2D eigenvalue weighted by molar-refractivity contribution is 9.10. The van der Waals surface area contributed by atoms with Crippen molar-refractivity contribution in [3.8, 4) is 0 Å². The van der Waals surface area contributed by atoms with Crippen LogP contribution in [0.5, 0.6) is 0 Å². The molecule has 25 heavy (non-hydrogen) atoms. The Morgan fingerprint density at radius 1 is 1.16 bits per heavy atom. The number of rotatable bonds is 5. The van der Waals surface area contributed by atoms with Crippen molar-refractivity contribution in [2.75, 3.05) is 18.4 Å². The molecular weight excluding hydrogens is 387 g/mol. The Morgan fingerprint density at radius 2 is 1.84 bits per heavy atom. The molecule has 0 bridgehead atoms. The normalized spacial score (nSPS) is 17.0. The van der Waals surface area contributed by atoms with E-state index in [9.17, 15) is 14.0 Å². The predicted molar refractivity (Wildman–Crippen MR) is 97.6 cm³/mol. The zero-order valence-electron chi connectivity index (χ0n) is 13.5. The van der Waals surface area contributed by atoms with Gasteiger partial charge in [0.05, 0.1) is 5.92 Å². The van der Waals surface area contributed by atoms with Gasteiger partial charge in [0.1, 0.15) is 5.82 Å². The largest absolute Gasteiger partial charge is 0.342 e. The van der Waals surface area contributed by atoms with Gasteiger partial charge in [0.15, 0.2) is 0 Å². The molecule has 3 rings (SSSR count). The molecule has 1 heterocycles. The minimum Gasteiger partial charge on any atom is -0.342 e. The number of nitrogens with one attached hydrogen (secondary N) is 1. The van der Waals surface area contributed by atoms with Crippen LogP contribution in [-0.2, 0) is 16.0 Å². The number of hydrogen-bond donors (Lipinski definition) is 1. The van der Waals surface area contributed by atoms with Gasteiger partial charge in [-0.3, -0.25) is 9.59 Å². The molecule has 1 aliphatic rings. The molecular formula is C19H18BrFN2O2. The number of likely N-dealkylation sites (tertiary alicyclic amines) is 1. The van der Waals surface area contributed by atoms with Crippen LogP contribution in [0.3, 0.4) is 0 Å². The lowest BCUT2D eigenvalue weighted by atomic mass is 10.1. The second-order valence-electron chi connectivity index (χ2n) is 6.11. The Morgan fingerprint density at radius 3 is 2.52 bits per heavy atom. The first-order valence-electron chi connectivity index (χ1n) is 8.10. The Kier molecular flexibility index (Phi) is 5.48. The summed E-state index contributed by atoms with van der Waals surface area (Å²) in [5.41, 5.74) is 1.68. The SMILES string of the molecule is O=C(Nc1ccc(Br)cc1)[C@@H]1CC(=O)N(CCc2ccc(F)cc2)C1. The highest BCUT2D eigenvalue weighted by Crippen LogP contribution is 2.21. The molecule has 1 saturated heterocycles. The minimum atomic E-state index is -0.343. The van der Waals surface area contributed by atoms with E-state index in [2.05, 4.69) is 21.2 Å². The highest BCUT2D eigenvalue weighted by Gasteiger charge is 2.33. The summed E-state index contributed by atoms with van der Waals surface area (Å²) >= 11 is 3.35. The lowest BCUT2D eigenvalue weighted by Gasteiger charge is -2.16. The molecule has 6 heteroatoms. The molecule has 0 saturated carbocycles. The molecule has 0 aromatic heterocycles. The molecule has 0 spiro atoms. The first kappa shape index (κ1) is 17.6. The first-order valence-corrected chi connectivity index (χ1v) is 8.89. The van der Waals surface area contributed by atoms with Gasteiger partial charge < -0.3 is 10.2 Å². The van der Waals surface area contributed by atoms with Crippen LogP contribution in [0, 0.1) is 11.7 Å². The third-order valence-corrected chi connectivity index (χ3v) is 4.81. The molecule has 1 fully saturated rings. The van der Waals surface area contributed by atoms with E-state index in [1.807, 2.05) is 24.3 Å². The monoisotopic (exact) mass is 404 g/mol. The number of carbonyl (C=O) groups is 2. The number of amides is 2. The van der Waals surface area contributed by atoms with Crippen LogP contribution >= 0.6 is 15.9 Å². The molecule has 0 radical (unpaired) electrons. The van der Waals surface area contributed by atoms with E-state index in [-0.39, 0.29) is 30.0 Å². The summed E-state index contributed by atoms with van der Waals surface area (Å²) in [6.45, 7) is 0.953. The second kappa shape index (κ2) is 7.78. The number of halogens is 2. The molecule has 1 atom stereocenters. The highest BCUT2D eigenvalue weighted by atomic mass is 79.9. The second-order valence-corrected chi connectivity index (χ2v) is 7.03. The van der Waals surface area contributed by atoms with Crippen LogP contribution in [0.25, 0.3) is 0 Å². The maximum absolute atomic E-state index is 12.9. The van der Waals surface area contributed by atoms with Gasteiger partial charge in [0.2, 0.25) is 11.8 Å². The summed E-state index contributed by atoms with van der Waals surface area (Å²) < 4.78 is 13.9. The summed E-state index contributed by atoms with van der Waals surface area (Å²) in [6, 6.07) is 13.6. The van der Waals surface area contributed by atoms with Crippen molar-refractivity contribution in [3.63, 3.8) is 0 Å². The van der Waals surface area contributed by atoms with Gasteiger partial charge in [-0.05, 0) is 48.4 Å². The van der Waals surface area contributed by atoms with E-state index in [0.717, 1.165) is 10.0 Å². The van der Waals surface area contributed by atoms with Crippen LogP contribution in [0.4, 0.5) is 10.1 Å². The van der Waals surface area contributed by atoms with Gasteiger partial charge in [0.25, 0.3) is 0 Å². The summed E-state index contributed by atoms with van der Waals surface area (Å²) in [6.07, 6.45) is 0.874. The molecule has 0 unspecified atom stereocenters. The Hall–Kier alpha value is -2.21. The fraction of sp³-hybridized carbons (Fsp3) is 0.263. The van der Waals surface area contributed by atoms with Gasteiger partial charge >= 0.3 is 0 Å². The van der Waals surface area contributed by atoms with Gasteiger partial charge in [-0.1, -0.05) is 28.1 Å². The van der Waals surface area contributed by atoms with Gasteiger partial charge in [0, 0.05) is 29.7 Å². The molecule has 2 aromatic carbocycles. The molecule has 2 amide bonds. The quantitative estimate of drug-likeness (QED) is 0.826. The fourth-order valence-corrected chi connectivity index (χ4v) is 3.12. The summed E-state index contributed by atoms with van der Waals surface area (Å²) in [5.74, 6) is -0.770. The Labute approximate surface area is 154 Å². The van der Waals surface area contributed by atoms with Crippen molar-refractivity contribution in [1.29, 1.82) is 0 Å². The number of benzene rings is 2. The summed E-state index contributed by atoms with van der Waals surface area (Å²) in [4.78, 5) is 26.2. The van der Waals surface area contributed by atoms with E-state index < -0.39 is 0 Å². The third kappa shape index (κ3) is 4.66. The zero-order valence-corrected chi connectivity index (χ0v) is 15.1. The lowest BCUT2D eigenvalue weighted by molar-refractivity contribution is -0.128. The lowest BCUT2D eigenvalue weighted by Crippen LogP contribution is -2.30. The Bertz CT molecular complexity index is 762. The Balaban J connectivity index is 1.53. The zero-order chi connectivity index (χ0) is 17.8. The van der Waals surface area contributed by atoms with Crippen molar-refractivity contribution < 1.29 is 14.0 Å². The topological polar surface area (TPSA) is 49.4 Å². The van der Waals surface area contributed by atoms with E-state index in [0.29, 0.717) is 25.2 Å². The van der Waals surface area contributed by atoms with Crippen molar-refractivity contribution in [2.45, 2.75) is 12.8 Å². The maximum atomic E-state index is 12.9. The summed E-state index contributed by atoms with van der Waals surface area (Å²) in [7, 11) is 0. The number of nitrogens with zero attached hydrogens (tertiary/aromatic N) is 1. The third-order valence-electron chi connectivity index (χ3n) is 4.28. The maximum Gasteiger partial charge on any atom is 0.229 e. The van der Waals surface area contributed by atoms with Crippen molar-refractivity contribution in [3.05, 3.63) is 64.4 Å². The van der Waals surface area contributed by atoms with Crippen molar-refractivity contribution >= 4 is 33.4 Å². The molecule has 1 N–H and O–H groups in total. The van der Waals surface area contributed by atoms with Gasteiger partial charge in [-0.2, -0.15) is 0 Å². The molecule has 130 valence electrons. The average Bonchev–Trinajstić information content (AvgIpc) is 2.97. The van der Waals surface area contributed by atoms with Crippen LogP contribution < -0.4 is 5.32 Å². The predicted octanol–water partition coefficient (Wildman–Crippen LogP) is 3.62. The number of carbonyl (C=O) groups excluding carboxylic acids is 2. The van der Waals surface area contributed by atoms with Gasteiger partial charge in [-0.15, -0.1) is 0 Å². The van der Waals surface area contributed by atoms with Crippen molar-refractivity contribution in [1.82, 2.24) is 4.90 Å². The minimum absolute atomic E-state index is 0.0157. The van der Waals surface area contributed by atoms with E-state index in [1.165, 1.54) is 12.1 Å². The van der Waals surface area contributed by atoms with Gasteiger partial charge in [-0.25, -0.2) is 4.39 Å². The smallest absolute Gasteiger partial charge is 0.229 e. The molecule has 4 nitrogen and oxygen atoms in total. The molecule has 2 aromatic rings. The standard InChI is InChI=1S/C19H18BrFN2O2/c20-15-3-7-17(8-4-15)22-19(25)14-11-18(24)23(12-14)10-9-13-1-5-16(21)6-2-13/h1-8,14H,9-12H2,(H,22,25)/t14-/m1/s1. The molecule has 0 aliphatic carbocycles. The number of hydrogen-bond acceptors (Lipinski definition) is 2. The van der Waals surface area contributed by atoms with E-state index in [4.69, 9.17) is 0 Å². The van der Waals surface area contributed by atoms with Crippen LogP contribution in [0.15, 0.2) is 53.0 Å². The van der Waals surface area contributed by atoms with Crippen molar-refractivity contribution in [2.24, 2.45) is 5.92 Å². The average molecular weight is 405 g/mol. The van der Waals surface area contributed by atoms with E-state index >= 15 is 0 Å². The first-order chi connectivity index (χ1) is 12.0. The van der Waals surface area contributed by atoms with E-state index in [1.54, 1.807) is 17.0 Å². The number of anilines is 1. The summed E-state index contributed by atoms with van der Waals surface area (Å²) in [5, 5.41) is 2.85. The van der Waals surface area contributed by atoms with Crippen LogP contribution in [-0.4, -0.2) is 29.8 Å². The van der Waals surface area contributed by atoms with Crippen LogP contribution in [0.1, 0.15) is 12.0 Å². The van der Waals surface area contributed by atoms with Crippen LogP contribution in [0.2, 0.25) is 0 Å². The fourth-order valence-electron chi connectivity index (χ4n) is 2.86.